The van der Waals surface area contributed by atoms with Crippen LogP contribution in [0, 0.1) is 57.2 Å². The van der Waals surface area contributed by atoms with Crippen LogP contribution in [0.5, 0.6) is 0 Å². The van der Waals surface area contributed by atoms with Crippen molar-refractivity contribution in [3.63, 3.8) is 0 Å². The van der Waals surface area contributed by atoms with Crippen LogP contribution in [-0.2, 0) is 17.9 Å². The van der Waals surface area contributed by atoms with Crippen molar-refractivity contribution >= 4 is 17.6 Å². The molecule has 0 radical (unpaired) electrons. The van der Waals surface area contributed by atoms with Gasteiger partial charge >= 0.3 is 0 Å². The molecule has 5 fully saturated rings. The van der Waals surface area contributed by atoms with Gasteiger partial charge < -0.3 is 21.5 Å². The Kier molecular flexibility index (Phi) is 10.3. The topological polar surface area (TPSA) is 155 Å². The zero-order valence-corrected chi connectivity index (χ0v) is 33.2. The number of aliphatic hydroxyl groups is 1. The van der Waals surface area contributed by atoms with Crippen LogP contribution in [-0.4, -0.2) is 28.9 Å². The van der Waals surface area contributed by atoms with E-state index in [-0.39, 0.29) is 45.4 Å². The average Bonchev–Trinajstić information content (AvgIpc) is 3.57. The standard InChI is InChI=1S/C45H64N6O3/c1-27(2)32-15-21-45(22-16-34-33(38(32)45)13-14-36-43(34,5)19-17-35-42(3,4)37(52)18-20-44(35,36)6)41(54)49-26-29-10-8-12-31(24-29)40(53)48-25-28-9-7-11-30(23-28)39(46)50-51-47/h7-12,23-24,32-38,51-52H,1,13-22,25-26,47H2,2-6H3,(H2,46,50)(H,48,53)(H,49,54). The molecular weight excluding hydrogens is 673 g/mol. The van der Waals surface area contributed by atoms with E-state index < -0.39 is 0 Å². The fourth-order valence-electron chi connectivity index (χ4n) is 13.6. The van der Waals surface area contributed by atoms with Gasteiger partial charge in [-0.2, -0.15) is 0 Å². The number of rotatable bonds is 9. The summed E-state index contributed by atoms with van der Waals surface area (Å²) in [6.45, 7) is 17.2. The number of nitrogens with one attached hydrogen (secondary N) is 3. The number of aliphatic hydroxyl groups excluding tert-OH is 1. The maximum absolute atomic E-state index is 14.6. The van der Waals surface area contributed by atoms with Gasteiger partial charge in [0.2, 0.25) is 5.91 Å². The zero-order chi connectivity index (χ0) is 38.6. The van der Waals surface area contributed by atoms with Gasteiger partial charge in [-0.3, -0.25) is 9.59 Å². The third kappa shape index (κ3) is 6.37. The van der Waals surface area contributed by atoms with Gasteiger partial charge in [-0.05, 0) is 152 Å². The van der Waals surface area contributed by atoms with Gasteiger partial charge in [0, 0.05) is 24.2 Å². The number of nitrogens with two attached hydrogens (primary N) is 2. The second kappa shape index (κ2) is 14.4. The van der Waals surface area contributed by atoms with Gasteiger partial charge in [0.05, 0.1) is 11.5 Å². The molecule has 0 saturated heterocycles. The molecule has 0 bridgehead atoms. The number of fused-ring (bicyclic) bond motifs is 7. The smallest absolute Gasteiger partial charge is 0.251 e. The van der Waals surface area contributed by atoms with Crippen LogP contribution in [0.1, 0.15) is 126 Å². The van der Waals surface area contributed by atoms with E-state index in [9.17, 15) is 14.7 Å². The molecule has 5 aliphatic carbocycles. The molecule has 10 unspecified atom stereocenters. The van der Waals surface area contributed by atoms with E-state index in [1.807, 2.05) is 42.5 Å². The quantitative estimate of drug-likeness (QED) is 0.0539. The van der Waals surface area contributed by atoms with Gasteiger partial charge in [0.15, 0.2) is 5.84 Å². The number of allylic oxidation sites excluding steroid dienone is 1. The Morgan fingerprint density at radius 2 is 1.48 bits per heavy atom. The molecule has 9 nitrogen and oxygen atoms in total. The lowest BCUT2D eigenvalue weighted by Gasteiger charge is -2.69. The van der Waals surface area contributed by atoms with Gasteiger partial charge in [0.1, 0.15) is 0 Å². The highest BCUT2D eigenvalue weighted by atomic mass is 16.3. The molecule has 7 rings (SSSR count). The number of hydrazine groups is 1. The number of hydrazone groups is 1. The van der Waals surface area contributed by atoms with Crippen molar-refractivity contribution < 1.29 is 14.7 Å². The van der Waals surface area contributed by atoms with Gasteiger partial charge in [-0.1, -0.05) is 70.2 Å². The highest BCUT2D eigenvalue weighted by molar-refractivity contribution is 5.97. The Balaban J connectivity index is 1.05. The minimum absolute atomic E-state index is 0.0499. The lowest BCUT2D eigenvalue weighted by molar-refractivity contribution is -0.216. The summed E-state index contributed by atoms with van der Waals surface area (Å²) < 4.78 is 0. The van der Waals surface area contributed by atoms with Crippen molar-refractivity contribution in [3.8, 4) is 0 Å². The molecule has 9 heteroatoms. The van der Waals surface area contributed by atoms with E-state index in [1.54, 1.807) is 6.07 Å². The largest absolute Gasteiger partial charge is 0.393 e. The SMILES string of the molecule is C=C(C)C1CCC2(C(=O)NCc3cccc(C(=O)NCc4cccc(/C(N)=N/NN)c4)c3)CCC3C(CCC4C3(C)CCC3C(C)(C)C(O)CCC34C)C12. The van der Waals surface area contributed by atoms with Crippen LogP contribution >= 0.6 is 0 Å². The molecule has 8 N–H and O–H groups in total. The Morgan fingerprint density at radius 1 is 0.833 bits per heavy atom. The second-order valence-corrected chi connectivity index (χ2v) is 19.0. The van der Waals surface area contributed by atoms with Gasteiger partial charge in [0.25, 0.3) is 5.91 Å². The predicted octanol–water partition coefficient (Wildman–Crippen LogP) is 6.94. The molecule has 2 aromatic rings. The third-order valence-corrected chi connectivity index (χ3v) is 16.1. The Morgan fingerprint density at radius 3 is 2.19 bits per heavy atom. The summed E-state index contributed by atoms with van der Waals surface area (Å²) in [7, 11) is 0. The summed E-state index contributed by atoms with van der Waals surface area (Å²) in [6, 6.07) is 15.0. The van der Waals surface area contributed by atoms with Crippen LogP contribution in [0.2, 0.25) is 0 Å². The summed E-state index contributed by atoms with van der Waals surface area (Å²) in [6.07, 6.45) is 10.6. The van der Waals surface area contributed by atoms with E-state index in [0.717, 1.165) is 49.7 Å². The van der Waals surface area contributed by atoms with Crippen LogP contribution in [0.15, 0.2) is 65.8 Å². The number of hydrogen-bond donors (Lipinski definition) is 6. The van der Waals surface area contributed by atoms with Crippen LogP contribution in [0.4, 0.5) is 0 Å². The second-order valence-electron chi connectivity index (χ2n) is 19.0. The van der Waals surface area contributed by atoms with Crippen LogP contribution < -0.4 is 27.7 Å². The first-order chi connectivity index (χ1) is 25.7. The molecule has 54 heavy (non-hydrogen) atoms. The molecule has 2 amide bonds. The first-order valence-electron chi connectivity index (χ1n) is 20.5. The zero-order valence-electron chi connectivity index (χ0n) is 33.2. The molecule has 0 spiro atoms. The van der Waals surface area contributed by atoms with E-state index in [0.29, 0.717) is 59.7 Å². The Hall–Kier alpha value is -3.69. The van der Waals surface area contributed by atoms with Crippen LogP contribution in [0.25, 0.3) is 0 Å². The molecule has 292 valence electrons. The highest BCUT2D eigenvalue weighted by Crippen LogP contribution is 2.73. The maximum atomic E-state index is 14.6. The lowest BCUT2D eigenvalue weighted by atomic mass is 9.36. The summed E-state index contributed by atoms with van der Waals surface area (Å²) in [5.74, 6) is 8.54. The van der Waals surface area contributed by atoms with Crippen molar-refractivity contribution in [3.05, 3.63) is 82.9 Å². The summed E-state index contributed by atoms with van der Waals surface area (Å²) in [4.78, 5) is 27.9. The summed E-state index contributed by atoms with van der Waals surface area (Å²) >= 11 is 0. The molecular formula is C45H64N6O3. The van der Waals surface area contributed by atoms with Gasteiger partial charge in [-0.15, -0.1) is 5.10 Å². The van der Waals surface area contributed by atoms with Crippen molar-refractivity contribution in [1.29, 1.82) is 0 Å². The Bertz CT molecular complexity index is 1810. The van der Waals surface area contributed by atoms with E-state index in [4.69, 9.17) is 11.6 Å². The molecule has 5 saturated carbocycles. The van der Waals surface area contributed by atoms with Crippen molar-refractivity contribution in [2.24, 2.45) is 73.8 Å². The minimum Gasteiger partial charge on any atom is -0.393 e. The number of hydrogen-bond acceptors (Lipinski definition) is 6. The average molecular weight is 737 g/mol. The van der Waals surface area contributed by atoms with E-state index in [1.165, 1.54) is 31.3 Å². The van der Waals surface area contributed by atoms with Crippen molar-refractivity contribution in [2.45, 2.75) is 118 Å². The molecule has 5 aliphatic rings. The summed E-state index contributed by atoms with van der Waals surface area (Å²) in [5, 5.41) is 21.3. The predicted molar refractivity (Wildman–Crippen MR) is 214 cm³/mol. The third-order valence-electron chi connectivity index (χ3n) is 16.1. The fourth-order valence-corrected chi connectivity index (χ4v) is 13.6. The molecule has 0 heterocycles. The number of amides is 2. The monoisotopic (exact) mass is 737 g/mol. The first-order valence-corrected chi connectivity index (χ1v) is 20.5. The normalized spacial score (nSPS) is 36.8. The number of nitrogens with zero attached hydrogens (tertiary/aromatic N) is 1. The van der Waals surface area contributed by atoms with E-state index >= 15 is 0 Å². The number of carbonyl (C=O) groups is 2. The lowest BCUT2D eigenvalue weighted by Crippen LogP contribution is -2.64. The summed E-state index contributed by atoms with van der Waals surface area (Å²) in [5.41, 5.74) is 12.5. The molecule has 10 atom stereocenters. The van der Waals surface area contributed by atoms with Crippen molar-refractivity contribution in [2.75, 3.05) is 0 Å². The van der Waals surface area contributed by atoms with Crippen LogP contribution in [0.3, 0.4) is 0 Å². The molecule has 2 aromatic carbocycles. The molecule has 0 aliphatic heterocycles. The highest BCUT2D eigenvalue weighted by Gasteiger charge is 2.68. The molecule has 0 aromatic heterocycles. The van der Waals surface area contributed by atoms with Gasteiger partial charge in [-0.25, -0.2) is 11.4 Å². The fraction of sp³-hybridized carbons (Fsp3) is 0.622. The number of carbonyl (C=O) groups excluding carboxylic acids is 2. The number of amidine groups is 1. The Labute approximate surface area is 322 Å². The van der Waals surface area contributed by atoms with E-state index in [2.05, 4.69) is 62.5 Å². The maximum Gasteiger partial charge on any atom is 0.251 e. The van der Waals surface area contributed by atoms with Crippen molar-refractivity contribution in [1.82, 2.24) is 16.2 Å². The first kappa shape index (κ1) is 38.6. The number of benzene rings is 2. The minimum atomic E-state index is -0.385.